The number of nitrogens with zero attached hydrogens (tertiary/aromatic N) is 1. The molecule has 0 bridgehead atoms. The van der Waals surface area contributed by atoms with Crippen LogP contribution in [-0.4, -0.2) is 18.0 Å². The first-order valence-electron chi connectivity index (χ1n) is 8.50. The first kappa shape index (κ1) is 17.7. The van der Waals surface area contributed by atoms with Gasteiger partial charge in [0.25, 0.3) is 0 Å². The highest BCUT2D eigenvalue weighted by atomic mass is 16.5. The molecule has 0 saturated carbocycles. The van der Waals surface area contributed by atoms with Gasteiger partial charge < -0.3 is 10.5 Å². The van der Waals surface area contributed by atoms with Crippen LogP contribution in [0.25, 0.3) is 11.1 Å². The summed E-state index contributed by atoms with van der Waals surface area (Å²) in [7, 11) is 1.65. The van der Waals surface area contributed by atoms with Crippen molar-refractivity contribution in [2.45, 2.75) is 19.8 Å². The van der Waals surface area contributed by atoms with Crippen molar-refractivity contribution in [3.8, 4) is 16.9 Å². The number of ether oxygens (including phenoxy) is 1. The lowest BCUT2D eigenvalue weighted by atomic mass is 9.86. The summed E-state index contributed by atoms with van der Waals surface area (Å²) < 4.78 is 5.50. The highest BCUT2D eigenvalue weighted by Gasteiger charge is 2.20. The van der Waals surface area contributed by atoms with E-state index in [4.69, 9.17) is 10.5 Å². The summed E-state index contributed by atoms with van der Waals surface area (Å²) in [4.78, 5) is 16.2. The van der Waals surface area contributed by atoms with E-state index in [9.17, 15) is 4.79 Å². The maximum Gasteiger partial charge on any atom is 0.248 e. The average Bonchev–Trinajstić information content (AvgIpc) is 2.67. The van der Waals surface area contributed by atoms with Crippen LogP contribution < -0.4 is 10.5 Å². The molecular formula is C22H22N2O2. The molecule has 1 heterocycles. The number of benzene rings is 2. The predicted octanol–water partition coefficient (Wildman–Crippen LogP) is 4.32. The number of aromatic nitrogens is 1. The molecule has 3 aromatic rings. The van der Waals surface area contributed by atoms with Gasteiger partial charge in [0.2, 0.25) is 5.91 Å². The van der Waals surface area contributed by atoms with Crippen LogP contribution in [0.4, 0.5) is 0 Å². The summed E-state index contributed by atoms with van der Waals surface area (Å²) in [5, 5.41) is 0. The molecule has 0 unspecified atom stereocenters. The van der Waals surface area contributed by atoms with Gasteiger partial charge in [0.15, 0.2) is 0 Å². The molecule has 1 amide bonds. The number of carbonyl (C=O) groups is 1. The number of primary amides is 1. The summed E-state index contributed by atoms with van der Waals surface area (Å²) in [5.74, 6) is 0.316. The number of hydrogen-bond acceptors (Lipinski definition) is 3. The first-order valence-corrected chi connectivity index (χ1v) is 8.50. The van der Waals surface area contributed by atoms with Crippen molar-refractivity contribution in [3.05, 3.63) is 83.2 Å². The fraction of sp³-hybridized carbons (Fsp3) is 0.182. The number of hydrogen-bond donors (Lipinski definition) is 1. The molecule has 0 fully saturated rings. The summed E-state index contributed by atoms with van der Waals surface area (Å²) in [6, 6.07) is 15.6. The second-order valence-corrected chi connectivity index (χ2v) is 6.32. The number of pyridine rings is 1. The van der Waals surface area contributed by atoms with Crippen LogP contribution in [0.2, 0.25) is 0 Å². The molecule has 1 aromatic heterocycles. The zero-order valence-corrected chi connectivity index (χ0v) is 15.2. The van der Waals surface area contributed by atoms with Crippen LogP contribution in [-0.2, 0) is 0 Å². The second kappa shape index (κ2) is 7.40. The Labute approximate surface area is 153 Å². The van der Waals surface area contributed by atoms with Crippen LogP contribution in [0.3, 0.4) is 0 Å². The Morgan fingerprint density at radius 2 is 1.88 bits per heavy atom. The van der Waals surface area contributed by atoms with Crippen molar-refractivity contribution in [2.24, 2.45) is 5.73 Å². The average molecular weight is 346 g/mol. The number of para-hydroxylation sites is 1. The van der Waals surface area contributed by atoms with E-state index in [0.717, 1.165) is 33.6 Å². The van der Waals surface area contributed by atoms with E-state index in [1.807, 2.05) is 55.6 Å². The van der Waals surface area contributed by atoms with Gasteiger partial charge in [0.1, 0.15) is 5.75 Å². The molecule has 4 heteroatoms. The molecule has 0 spiro atoms. The van der Waals surface area contributed by atoms with E-state index in [1.54, 1.807) is 19.4 Å². The number of methoxy groups -OCH3 is 1. The third-order valence-corrected chi connectivity index (χ3v) is 4.72. The third-order valence-electron chi connectivity index (χ3n) is 4.72. The Morgan fingerprint density at radius 1 is 1.12 bits per heavy atom. The van der Waals surface area contributed by atoms with Crippen molar-refractivity contribution in [1.82, 2.24) is 4.98 Å². The van der Waals surface area contributed by atoms with Gasteiger partial charge in [0, 0.05) is 29.4 Å². The molecule has 3 rings (SSSR count). The number of carbonyl (C=O) groups excluding carboxylic acids is 1. The topological polar surface area (TPSA) is 65.2 Å². The lowest BCUT2D eigenvalue weighted by molar-refractivity contribution is 0.0999. The van der Waals surface area contributed by atoms with Crippen molar-refractivity contribution in [2.75, 3.05) is 7.11 Å². The van der Waals surface area contributed by atoms with E-state index >= 15 is 0 Å². The van der Waals surface area contributed by atoms with Crippen molar-refractivity contribution in [1.29, 1.82) is 0 Å². The molecular weight excluding hydrogens is 324 g/mol. The van der Waals surface area contributed by atoms with Crippen LogP contribution in [0.1, 0.15) is 39.9 Å². The minimum Gasteiger partial charge on any atom is -0.496 e. The van der Waals surface area contributed by atoms with E-state index < -0.39 is 5.91 Å². The zero-order chi connectivity index (χ0) is 18.7. The van der Waals surface area contributed by atoms with Crippen LogP contribution >= 0.6 is 0 Å². The van der Waals surface area contributed by atoms with Crippen LogP contribution in [0, 0.1) is 6.92 Å². The van der Waals surface area contributed by atoms with Gasteiger partial charge in [0.05, 0.1) is 7.11 Å². The summed E-state index contributed by atoms with van der Waals surface area (Å²) in [5.41, 5.74) is 11.3. The largest absolute Gasteiger partial charge is 0.496 e. The molecule has 2 aromatic carbocycles. The second-order valence-electron chi connectivity index (χ2n) is 6.32. The summed E-state index contributed by atoms with van der Waals surface area (Å²) >= 11 is 0. The van der Waals surface area contributed by atoms with E-state index in [1.165, 1.54) is 0 Å². The van der Waals surface area contributed by atoms with E-state index in [-0.39, 0.29) is 5.92 Å². The Balaban J connectivity index is 2.17. The fourth-order valence-corrected chi connectivity index (χ4v) is 3.30. The minimum absolute atomic E-state index is 0.0456. The third kappa shape index (κ3) is 3.31. The molecule has 26 heavy (non-hydrogen) atoms. The van der Waals surface area contributed by atoms with Gasteiger partial charge in [-0.1, -0.05) is 31.2 Å². The molecule has 0 radical (unpaired) electrons. The maximum atomic E-state index is 12.0. The van der Waals surface area contributed by atoms with E-state index in [0.29, 0.717) is 5.56 Å². The fourth-order valence-electron chi connectivity index (χ4n) is 3.30. The Bertz CT molecular complexity index is 950. The number of aryl methyl sites for hydroxylation is 1. The normalized spacial score (nSPS) is 11.8. The Kier molecular flexibility index (Phi) is 5.03. The van der Waals surface area contributed by atoms with Crippen molar-refractivity contribution in [3.63, 3.8) is 0 Å². The van der Waals surface area contributed by atoms with Crippen molar-refractivity contribution < 1.29 is 9.53 Å². The first-order chi connectivity index (χ1) is 12.5. The van der Waals surface area contributed by atoms with Gasteiger partial charge >= 0.3 is 0 Å². The SMILES string of the molecule is COc1ccccc1[C@H](C)c1cc(-c2ccncc2C)ccc1C(N)=O. The smallest absolute Gasteiger partial charge is 0.248 e. The van der Waals surface area contributed by atoms with Gasteiger partial charge in [-0.25, -0.2) is 0 Å². The molecule has 1 atom stereocenters. The van der Waals surface area contributed by atoms with E-state index in [2.05, 4.69) is 11.9 Å². The molecule has 0 aliphatic heterocycles. The predicted molar refractivity (Wildman–Crippen MR) is 103 cm³/mol. The number of nitrogens with two attached hydrogens (primary N) is 1. The molecule has 132 valence electrons. The highest BCUT2D eigenvalue weighted by Crippen LogP contribution is 2.35. The quantitative estimate of drug-likeness (QED) is 0.748. The Hall–Kier alpha value is -3.14. The molecule has 4 nitrogen and oxygen atoms in total. The lowest BCUT2D eigenvalue weighted by Crippen LogP contribution is -2.15. The van der Waals surface area contributed by atoms with Gasteiger partial charge in [-0.15, -0.1) is 0 Å². The van der Waals surface area contributed by atoms with Crippen LogP contribution in [0.5, 0.6) is 5.75 Å². The lowest BCUT2D eigenvalue weighted by Gasteiger charge is -2.19. The standard InChI is InChI=1S/C22H22N2O2/c1-14-13-24-11-10-17(14)16-8-9-19(22(23)25)20(12-16)15(2)18-6-4-5-7-21(18)26-3/h4-13,15H,1-3H3,(H2,23,25)/t15-/m0/s1. The summed E-state index contributed by atoms with van der Waals surface area (Å²) in [6.07, 6.45) is 3.61. The molecule has 2 N–H and O–H groups in total. The zero-order valence-electron chi connectivity index (χ0n) is 15.2. The monoisotopic (exact) mass is 346 g/mol. The highest BCUT2D eigenvalue weighted by molar-refractivity contribution is 5.95. The van der Waals surface area contributed by atoms with Crippen LogP contribution in [0.15, 0.2) is 60.9 Å². The maximum absolute atomic E-state index is 12.0. The summed E-state index contributed by atoms with van der Waals surface area (Å²) in [6.45, 7) is 4.08. The van der Waals surface area contributed by atoms with Gasteiger partial charge in [-0.3, -0.25) is 9.78 Å². The molecule has 0 aliphatic rings. The van der Waals surface area contributed by atoms with Gasteiger partial charge in [-0.2, -0.15) is 0 Å². The minimum atomic E-state index is -0.431. The van der Waals surface area contributed by atoms with Gasteiger partial charge in [-0.05, 0) is 53.4 Å². The Morgan fingerprint density at radius 3 is 2.58 bits per heavy atom. The molecule has 0 aliphatic carbocycles. The number of rotatable bonds is 5. The molecule has 0 saturated heterocycles. The number of amides is 1. The van der Waals surface area contributed by atoms with Crippen molar-refractivity contribution >= 4 is 5.91 Å².